The molecule has 0 atom stereocenters. The highest BCUT2D eigenvalue weighted by Gasteiger charge is 2.06. The fourth-order valence-electron chi connectivity index (χ4n) is 1.26. The molecule has 0 unspecified atom stereocenters. The van der Waals surface area contributed by atoms with Crippen LogP contribution in [0.4, 0.5) is 0 Å². The zero-order valence-corrected chi connectivity index (χ0v) is 8.12. The van der Waals surface area contributed by atoms with Crippen molar-refractivity contribution in [3.63, 3.8) is 0 Å². The first-order valence-corrected chi connectivity index (χ1v) is 4.64. The van der Waals surface area contributed by atoms with E-state index in [-0.39, 0.29) is 12.0 Å². The molecule has 0 bridgehead atoms. The maximum atomic E-state index is 11.5. The van der Waals surface area contributed by atoms with Crippen LogP contribution in [0.15, 0.2) is 11.0 Å². The molecule has 5 heteroatoms. The Bertz CT molecular complexity index is 364. The Morgan fingerprint density at radius 2 is 2.36 bits per heavy atom. The smallest absolute Gasteiger partial charge is 0.303 e. The molecule has 1 heterocycles. The second-order valence-corrected chi connectivity index (χ2v) is 3.15. The van der Waals surface area contributed by atoms with Crippen LogP contribution in [-0.2, 0) is 17.8 Å². The lowest BCUT2D eigenvalue weighted by atomic mass is 10.2. The minimum absolute atomic E-state index is 0.000775. The van der Waals surface area contributed by atoms with Gasteiger partial charge in [-0.05, 0) is 12.8 Å². The zero-order valence-electron chi connectivity index (χ0n) is 8.12. The average Bonchev–Trinajstić information content (AvgIpc) is 2.46. The molecule has 5 nitrogen and oxygen atoms in total. The lowest BCUT2D eigenvalue weighted by Crippen LogP contribution is -2.19. The minimum atomic E-state index is -0.882. The summed E-state index contributed by atoms with van der Waals surface area (Å²) in [4.78, 5) is 21.8. The molecule has 0 radical (unpaired) electrons. The predicted molar refractivity (Wildman–Crippen MR) is 51.3 cm³/mol. The van der Waals surface area contributed by atoms with Crippen LogP contribution < -0.4 is 5.56 Å². The van der Waals surface area contributed by atoms with E-state index < -0.39 is 5.97 Å². The molecule has 1 rings (SSSR count). The Labute approximate surface area is 81.3 Å². The van der Waals surface area contributed by atoms with Gasteiger partial charge in [-0.3, -0.25) is 14.3 Å². The number of H-pyrrole nitrogens is 1. The van der Waals surface area contributed by atoms with E-state index >= 15 is 0 Å². The molecule has 14 heavy (non-hydrogen) atoms. The number of aliphatic carboxylic acids is 1. The monoisotopic (exact) mass is 198 g/mol. The molecule has 0 saturated heterocycles. The van der Waals surface area contributed by atoms with Gasteiger partial charge >= 0.3 is 5.97 Å². The molecular formula is C9H14N2O3. The van der Waals surface area contributed by atoms with E-state index in [9.17, 15) is 9.59 Å². The normalized spacial score (nSPS) is 10.4. The second kappa shape index (κ2) is 4.64. The average molecular weight is 198 g/mol. The maximum absolute atomic E-state index is 11.5. The minimum Gasteiger partial charge on any atom is -0.481 e. The summed E-state index contributed by atoms with van der Waals surface area (Å²) < 4.78 is 1.50. The molecule has 0 amide bonds. The van der Waals surface area contributed by atoms with Gasteiger partial charge in [-0.1, -0.05) is 6.92 Å². The Hall–Kier alpha value is -1.52. The van der Waals surface area contributed by atoms with Gasteiger partial charge < -0.3 is 10.2 Å². The molecule has 2 N–H and O–H groups in total. The van der Waals surface area contributed by atoms with Crippen molar-refractivity contribution < 1.29 is 9.90 Å². The largest absolute Gasteiger partial charge is 0.481 e. The van der Waals surface area contributed by atoms with Crippen molar-refractivity contribution in [3.8, 4) is 0 Å². The van der Waals surface area contributed by atoms with Crippen LogP contribution in [0.5, 0.6) is 0 Å². The van der Waals surface area contributed by atoms with E-state index in [0.717, 1.165) is 6.42 Å². The number of aryl methyl sites for hydroxylation is 2. The first kappa shape index (κ1) is 10.6. The SMILES string of the molecule is CCCn1[nH]cc(CCC(=O)O)c1=O. The molecule has 0 spiro atoms. The number of carboxylic acids is 1. The molecule has 0 aliphatic heterocycles. The summed E-state index contributed by atoms with van der Waals surface area (Å²) in [6.45, 7) is 2.62. The number of aromatic nitrogens is 2. The van der Waals surface area contributed by atoms with Gasteiger partial charge in [0.1, 0.15) is 0 Å². The third-order valence-corrected chi connectivity index (χ3v) is 1.97. The van der Waals surface area contributed by atoms with Crippen molar-refractivity contribution >= 4 is 5.97 Å². The van der Waals surface area contributed by atoms with Crippen molar-refractivity contribution in [2.24, 2.45) is 0 Å². The van der Waals surface area contributed by atoms with Gasteiger partial charge in [-0.2, -0.15) is 0 Å². The summed E-state index contributed by atoms with van der Waals surface area (Å²) in [6, 6.07) is 0. The van der Waals surface area contributed by atoms with Crippen LogP contribution in [0.1, 0.15) is 25.3 Å². The molecule has 1 aromatic rings. The fraction of sp³-hybridized carbons (Fsp3) is 0.556. The molecule has 0 fully saturated rings. The van der Waals surface area contributed by atoms with Gasteiger partial charge in [0, 0.05) is 24.7 Å². The van der Waals surface area contributed by atoms with Gasteiger partial charge in [0.2, 0.25) is 0 Å². The summed E-state index contributed by atoms with van der Waals surface area (Å²) in [6.07, 6.45) is 2.75. The number of nitrogens with zero attached hydrogens (tertiary/aromatic N) is 1. The van der Waals surface area contributed by atoms with E-state index in [1.807, 2.05) is 6.92 Å². The summed E-state index contributed by atoms with van der Waals surface area (Å²) in [5.74, 6) is -0.882. The Morgan fingerprint density at radius 3 is 2.93 bits per heavy atom. The van der Waals surface area contributed by atoms with Gasteiger partial charge in [-0.25, -0.2) is 0 Å². The summed E-state index contributed by atoms with van der Waals surface area (Å²) in [7, 11) is 0. The topological polar surface area (TPSA) is 75.1 Å². The van der Waals surface area contributed by atoms with Gasteiger partial charge in [0.15, 0.2) is 0 Å². The van der Waals surface area contributed by atoms with Gasteiger partial charge in [-0.15, -0.1) is 0 Å². The number of carbonyl (C=O) groups is 1. The summed E-state index contributed by atoms with van der Waals surface area (Å²) >= 11 is 0. The Morgan fingerprint density at radius 1 is 1.64 bits per heavy atom. The summed E-state index contributed by atoms with van der Waals surface area (Å²) in [5.41, 5.74) is 0.439. The predicted octanol–water partition coefficient (Wildman–Crippen LogP) is 0.604. The lowest BCUT2D eigenvalue weighted by Gasteiger charge is -1.95. The number of nitrogens with one attached hydrogen (secondary N) is 1. The molecular weight excluding hydrogens is 184 g/mol. The number of aromatic amines is 1. The molecule has 78 valence electrons. The number of rotatable bonds is 5. The standard InChI is InChI=1S/C9H14N2O3/c1-2-5-11-9(14)7(6-10-11)3-4-8(12)13/h6,10H,2-5H2,1H3,(H,12,13). The quantitative estimate of drug-likeness (QED) is 0.727. The van der Waals surface area contributed by atoms with Crippen molar-refractivity contribution in [1.82, 2.24) is 9.78 Å². The number of hydrogen-bond donors (Lipinski definition) is 2. The van der Waals surface area contributed by atoms with Crippen molar-refractivity contribution in [1.29, 1.82) is 0 Å². The Kier molecular flexibility index (Phi) is 3.50. The van der Waals surface area contributed by atoms with Gasteiger partial charge in [0.05, 0.1) is 0 Å². The van der Waals surface area contributed by atoms with E-state index in [2.05, 4.69) is 5.10 Å². The van der Waals surface area contributed by atoms with Crippen LogP contribution in [0, 0.1) is 0 Å². The second-order valence-electron chi connectivity index (χ2n) is 3.15. The Balaban J connectivity index is 2.69. The zero-order chi connectivity index (χ0) is 10.6. The molecule has 1 aromatic heterocycles. The molecule has 0 aliphatic carbocycles. The molecule has 0 aromatic carbocycles. The fourth-order valence-corrected chi connectivity index (χ4v) is 1.26. The highest BCUT2D eigenvalue weighted by atomic mass is 16.4. The van der Waals surface area contributed by atoms with Crippen molar-refractivity contribution in [2.45, 2.75) is 32.7 Å². The highest BCUT2D eigenvalue weighted by Crippen LogP contribution is 1.96. The van der Waals surface area contributed by atoms with E-state index in [4.69, 9.17) is 5.11 Å². The maximum Gasteiger partial charge on any atom is 0.303 e. The molecule has 0 saturated carbocycles. The van der Waals surface area contributed by atoms with Crippen LogP contribution in [0.2, 0.25) is 0 Å². The van der Waals surface area contributed by atoms with Crippen molar-refractivity contribution in [2.75, 3.05) is 0 Å². The van der Waals surface area contributed by atoms with Crippen LogP contribution >= 0.6 is 0 Å². The third kappa shape index (κ3) is 2.48. The molecule has 0 aliphatic rings. The third-order valence-electron chi connectivity index (χ3n) is 1.97. The van der Waals surface area contributed by atoms with E-state index in [1.54, 1.807) is 6.20 Å². The van der Waals surface area contributed by atoms with Crippen molar-refractivity contribution in [3.05, 3.63) is 22.1 Å². The van der Waals surface area contributed by atoms with E-state index in [0.29, 0.717) is 18.5 Å². The van der Waals surface area contributed by atoms with Crippen LogP contribution in [-0.4, -0.2) is 20.9 Å². The van der Waals surface area contributed by atoms with Crippen LogP contribution in [0.3, 0.4) is 0 Å². The first-order valence-electron chi connectivity index (χ1n) is 4.64. The first-order chi connectivity index (χ1) is 6.65. The highest BCUT2D eigenvalue weighted by molar-refractivity contribution is 5.67. The number of hydrogen-bond acceptors (Lipinski definition) is 2. The van der Waals surface area contributed by atoms with Gasteiger partial charge in [0.25, 0.3) is 5.56 Å². The number of carboxylic acid groups (broad SMARTS) is 1. The van der Waals surface area contributed by atoms with E-state index in [1.165, 1.54) is 4.68 Å². The summed E-state index contributed by atoms with van der Waals surface area (Å²) in [5, 5.41) is 11.3. The van der Waals surface area contributed by atoms with Crippen LogP contribution in [0.25, 0.3) is 0 Å². The lowest BCUT2D eigenvalue weighted by molar-refractivity contribution is -0.136.